The summed E-state index contributed by atoms with van der Waals surface area (Å²) in [5.74, 6) is 0.730. The van der Waals surface area contributed by atoms with Gasteiger partial charge in [0.15, 0.2) is 12.4 Å². The van der Waals surface area contributed by atoms with Crippen LogP contribution in [0.5, 0.6) is 5.75 Å². The van der Waals surface area contributed by atoms with Crippen molar-refractivity contribution in [1.82, 2.24) is 5.32 Å². The molecule has 136 valence electrons. The maximum Gasteiger partial charge on any atom is 0.257 e. The fraction of sp³-hybridized carbons (Fsp3) is 0.579. The summed E-state index contributed by atoms with van der Waals surface area (Å²) in [6, 6.07) is 6.79. The number of carbonyl (C=O) groups is 2. The lowest BCUT2D eigenvalue weighted by Gasteiger charge is -2.13. The number of benzene rings is 1. The first kappa shape index (κ1) is 22.1. The Morgan fingerprint density at radius 1 is 1.12 bits per heavy atom. The van der Waals surface area contributed by atoms with Gasteiger partial charge in [-0.2, -0.15) is 0 Å². The number of methoxy groups -OCH3 is 1. The van der Waals surface area contributed by atoms with Crippen molar-refractivity contribution in [3.63, 3.8) is 0 Å². The summed E-state index contributed by atoms with van der Waals surface area (Å²) in [6.07, 6.45) is 1.77. The summed E-state index contributed by atoms with van der Waals surface area (Å²) in [7, 11) is 3.12. The fourth-order valence-corrected chi connectivity index (χ4v) is 2.01. The molecule has 1 unspecified atom stereocenters. The lowest BCUT2D eigenvalue weighted by Crippen LogP contribution is -2.25. The van der Waals surface area contributed by atoms with Crippen molar-refractivity contribution in [2.75, 3.05) is 20.8 Å². The second-order valence-corrected chi connectivity index (χ2v) is 4.84. The van der Waals surface area contributed by atoms with E-state index < -0.39 is 0 Å². The third-order valence-corrected chi connectivity index (χ3v) is 3.35. The molecular formula is C19H31NO4. The molecule has 1 atom stereocenters. The number of likely N-dealkylation sites (N-methyl/N-ethyl adjacent to an activating group) is 1. The van der Waals surface area contributed by atoms with Gasteiger partial charge in [-0.05, 0) is 43.0 Å². The third kappa shape index (κ3) is 7.13. The minimum absolute atomic E-state index is 0.00727. The molecule has 1 fully saturated rings. The third-order valence-electron chi connectivity index (χ3n) is 3.35. The average molecular weight is 337 g/mol. The number of Topliss-reactive ketones (excluding diaryl/α,β-unsaturated/α-hetero) is 1. The van der Waals surface area contributed by atoms with Crippen molar-refractivity contribution in [3.05, 3.63) is 29.8 Å². The van der Waals surface area contributed by atoms with Gasteiger partial charge >= 0.3 is 0 Å². The molecule has 0 bridgehead atoms. The van der Waals surface area contributed by atoms with Crippen molar-refractivity contribution < 1.29 is 19.1 Å². The molecule has 0 heterocycles. The molecule has 1 aliphatic carbocycles. The van der Waals surface area contributed by atoms with Gasteiger partial charge in [-0.1, -0.05) is 27.7 Å². The summed E-state index contributed by atoms with van der Waals surface area (Å²) in [6.45, 7) is 7.96. The Kier molecular flexibility index (Phi) is 11.5. The van der Waals surface area contributed by atoms with E-state index in [-0.39, 0.29) is 24.4 Å². The van der Waals surface area contributed by atoms with Crippen LogP contribution in [0, 0.1) is 5.92 Å². The number of hydrogen-bond acceptors (Lipinski definition) is 4. The molecule has 24 heavy (non-hydrogen) atoms. The molecule has 0 radical (unpaired) electrons. The van der Waals surface area contributed by atoms with Gasteiger partial charge in [0, 0.05) is 19.7 Å². The SMILES string of the molecule is CC.CC.CNC(=O)COc1ccc(C(=O)C(OC)C2CC2)cc1. The van der Waals surface area contributed by atoms with Crippen molar-refractivity contribution in [1.29, 1.82) is 0 Å². The van der Waals surface area contributed by atoms with E-state index in [0.29, 0.717) is 17.2 Å². The Morgan fingerprint density at radius 3 is 2.08 bits per heavy atom. The minimum atomic E-state index is -0.340. The maximum absolute atomic E-state index is 12.3. The zero-order chi connectivity index (χ0) is 18.5. The van der Waals surface area contributed by atoms with Crippen LogP contribution in [0.1, 0.15) is 50.9 Å². The molecule has 0 aliphatic heterocycles. The van der Waals surface area contributed by atoms with Crippen LogP contribution in [0.15, 0.2) is 24.3 Å². The molecule has 1 aromatic rings. The summed E-state index contributed by atoms with van der Waals surface area (Å²) in [4.78, 5) is 23.3. The Labute approximate surface area is 145 Å². The number of amides is 1. The maximum atomic E-state index is 12.3. The highest BCUT2D eigenvalue weighted by atomic mass is 16.5. The topological polar surface area (TPSA) is 64.6 Å². The molecule has 1 aromatic carbocycles. The van der Waals surface area contributed by atoms with Gasteiger partial charge in [0.05, 0.1) is 0 Å². The van der Waals surface area contributed by atoms with Gasteiger partial charge in [-0.3, -0.25) is 9.59 Å². The molecule has 1 saturated carbocycles. The minimum Gasteiger partial charge on any atom is -0.484 e. The average Bonchev–Trinajstić information content (AvgIpc) is 3.49. The van der Waals surface area contributed by atoms with Gasteiger partial charge in [0.1, 0.15) is 11.9 Å². The molecule has 0 spiro atoms. The second-order valence-electron chi connectivity index (χ2n) is 4.84. The molecule has 1 N–H and O–H groups in total. The van der Waals surface area contributed by atoms with E-state index in [2.05, 4.69) is 5.32 Å². The molecular weight excluding hydrogens is 306 g/mol. The van der Waals surface area contributed by atoms with Crippen molar-refractivity contribution in [2.45, 2.75) is 46.6 Å². The van der Waals surface area contributed by atoms with Gasteiger partial charge in [-0.25, -0.2) is 0 Å². The summed E-state index contributed by atoms with van der Waals surface area (Å²) in [5.41, 5.74) is 0.607. The smallest absolute Gasteiger partial charge is 0.257 e. The zero-order valence-electron chi connectivity index (χ0n) is 15.7. The zero-order valence-corrected chi connectivity index (χ0v) is 15.7. The fourth-order valence-electron chi connectivity index (χ4n) is 2.01. The van der Waals surface area contributed by atoms with Crippen LogP contribution < -0.4 is 10.1 Å². The van der Waals surface area contributed by atoms with Gasteiger partial charge in [-0.15, -0.1) is 0 Å². The summed E-state index contributed by atoms with van der Waals surface area (Å²) < 4.78 is 10.6. The number of nitrogens with one attached hydrogen (secondary N) is 1. The Hall–Kier alpha value is -1.88. The van der Waals surface area contributed by atoms with Crippen LogP contribution in [0.3, 0.4) is 0 Å². The van der Waals surface area contributed by atoms with E-state index in [9.17, 15) is 9.59 Å². The van der Waals surface area contributed by atoms with Gasteiger partial charge < -0.3 is 14.8 Å². The summed E-state index contributed by atoms with van der Waals surface area (Å²) >= 11 is 0. The molecule has 5 nitrogen and oxygen atoms in total. The standard InChI is InChI=1S/C15H19NO4.2C2H6/c1-16-13(17)9-20-12-7-5-10(6-8-12)14(18)15(19-2)11-3-4-11;2*1-2/h5-8,11,15H,3-4,9H2,1-2H3,(H,16,17);2*1-2H3. The van der Waals surface area contributed by atoms with E-state index in [1.807, 2.05) is 27.7 Å². The Morgan fingerprint density at radius 2 is 1.67 bits per heavy atom. The monoisotopic (exact) mass is 337 g/mol. The lowest BCUT2D eigenvalue weighted by atomic mass is 10.0. The number of rotatable bonds is 7. The van der Waals surface area contributed by atoms with E-state index in [1.54, 1.807) is 38.4 Å². The number of hydrogen-bond donors (Lipinski definition) is 1. The molecule has 0 aromatic heterocycles. The van der Waals surface area contributed by atoms with Crippen LogP contribution in [-0.2, 0) is 9.53 Å². The van der Waals surface area contributed by atoms with Gasteiger partial charge in [0.2, 0.25) is 0 Å². The highest BCUT2D eigenvalue weighted by Crippen LogP contribution is 2.35. The van der Waals surface area contributed by atoms with Crippen LogP contribution in [-0.4, -0.2) is 38.6 Å². The predicted molar refractivity (Wildman–Crippen MR) is 96.6 cm³/mol. The normalized spacial score (nSPS) is 13.4. The number of ketones is 1. The second kappa shape index (κ2) is 12.5. The molecule has 2 rings (SSSR count). The first-order valence-electron chi connectivity index (χ1n) is 8.66. The van der Waals surface area contributed by atoms with Gasteiger partial charge in [0.25, 0.3) is 5.91 Å². The molecule has 1 aliphatic rings. The Balaban J connectivity index is 0.00000123. The van der Waals surface area contributed by atoms with Crippen LogP contribution in [0.4, 0.5) is 0 Å². The van der Waals surface area contributed by atoms with Crippen molar-refractivity contribution >= 4 is 11.7 Å². The van der Waals surface area contributed by atoms with Crippen LogP contribution in [0.2, 0.25) is 0 Å². The number of carbonyl (C=O) groups excluding carboxylic acids is 2. The van der Waals surface area contributed by atoms with E-state index in [1.165, 1.54) is 0 Å². The molecule has 0 saturated heterocycles. The summed E-state index contributed by atoms with van der Waals surface area (Å²) in [5, 5.41) is 2.47. The van der Waals surface area contributed by atoms with E-state index >= 15 is 0 Å². The predicted octanol–water partition coefficient (Wildman–Crippen LogP) is 3.47. The first-order valence-corrected chi connectivity index (χ1v) is 8.66. The van der Waals surface area contributed by atoms with Crippen molar-refractivity contribution in [2.24, 2.45) is 5.92 Å². The van der Waals surface area contributed by atoms with Crippen molar-refractivity contribution in [3.8, 4) is 5.75 Å². The van der Waals surface area contributed by atoms with E-state index in [0.717, 1.165) is 12.8 Å². The van der Waals surface area contributed by atoms with Crippen LogP contribution in [0.25, 0.3) is 0 Å². The van der Waals surface area contributed by atoms with E-state index in [4.69, 9.17) is 9.47 Å². The lowest BCUT2D eigenvalue weighted by molar-refractivity contribution is -0.122. The highest BCUT2D eigenvalue weighted by Gasteiger charge is 2.36. The quantitative estimate of drug-likeness (QED) is 0.774. The first-order chi connectivity index (χ1) is 11.7. The largest absolute Gasteiger partial charge is 0.484 e. The molecule has 1 amide bonds. The van der Waals surface area contributed by atoms with Crippen LogP contribution >= 0.6 is 0 Å². The molecule has 5 heteroatoms. The number of ether oxygens (including phenoxy) is 2. The highest BCUT2D eigenvalue weighted by molar-refractivity contribution is 6.00. The Bertz CT molecular complexity index is 481.